The summed E-state index contributed by atoms with van der Waals surface area (Å²) in [6, 6.07) is 9.02. The lowest BCUT2D eigenvalue weighted by Crippen LogP contribution is -2.28. The molecule has 0 radical (unpaired) electrons. The minimum absolute atomic E-state index is 0.0394. The van der Waals surface area contributed by atoms with Crippen molar-refractivity contribution >= 4 is 11.9 Å². The average Bonchev–Trinajstić information content (AvgIpc) is 2.88. The van der Waals surface area contributed by atoms with Crippen LogP contribution in [0.2, 0.25) is 0 Å². The number of aliphatic hydroxyl groups is 1. The van der Waals surface area contributed by atoms with Gasteiger partial charge < -0.3 is 19.3 Å². The van der Waals surface area contributed by atoms with Gasteiger partial charge in [-0.2, -0.15) is 0 Å². The molecule has 0 saturated carbocycles. The average molecular weight is 501 g/mol. The van der Waals surface area contributed by atoms with Crippen LogP contribution >= 0.6 is 0 Å². The lowest BCUT2D eigenvalue weighted by atomic mass is 9.86. The number of aliphatic hydroxyl groups excluding tert-OH is 1. The number of ether oxygens (including phenoxy) is 3. The SMILES string of the molecule is C=C(C)C(=O)OCCC(CCOC(=O)C(=C)CO)CC1CCC(c2ccc(CCCCC)cc2)CO1. The Morgan fingerprint density at radius 3 is 2.28 bits per heavy atom. The van der Waals surface area contributed by atoms with E-state index in [0.717, 1.165) is 25.7 Å². The highest BCUT2D eigenvalue weighted by Gasteiger charge is 2.26. The maximum Gasteiger partial charge on any atom is 0.335 e. The van der Waals surface area contributed by atoms with Gasteiger partial charge in [-0.15, -0.1) is 0 Å². The monoisotopic (exact) mass is 500 g/mol. The van der Waals surface area contributed by atoms with Crippen molar-refractivity contribution in [3.05, 3.63) is 59.7 Å². The van der Waals surface area contributed by atoms with E-state index in [1.165, 1.54) is 30.4 Å². The molecule has 1 aliphatic heterocycles. The highest BCUT2D eigenvalue weighted by molar-refractivity contribution is 5.88. The molecule has 1 heterocycles. The fraction of sp³-hybridized carbons (Fsp3) is 0.600. The number of unbranched alkanes of at least 4 members (excludes halogenated alkanes) is 2. The minimum atomic E-state index is -0.585. The van der Waals surface area contributed by atoms with Crippen LogP contribution in [0.4, 0.5) is 0 Å². The Kier molecular flexibility index (Phi) is 13.5. The number of aryl methyl sites for hydroxylation is 1. The predicted molar refractivity (Wildman–Crippen MR) is 142 cm³/mol. The van der Waals surface area contributed by atoms with Crippen molar-refractivity contribution in [3.63, 3.8) is 0 Å². The standard InChI is InChI=1S/C30H44O6/c1-5-6-7-8-24-9-11-26(12-10-24)27-13-14-28(36-21-27)19-25(15-17-34-29(32)22(2)3)16-18-35-30(33)23(4)20-31/h9-12,25,27-28,31H,2,4-8,13-21H2,1,3H3. The predicted octanol–water partition coefficient (Wildman–Crippen LogP) is 5.68. The van der Waals surface area contributed by atoms with Crippen LogP contribution in [-0.4, -0.2) is 49.6 Å². The van der Waals surface area contributed by atoms with E-state index in [4.69, 9.17) is 19.3 Å². The Balaban J connectivity index is 1.84. The molecule has 1 saturated heterocycles. The molecule has 200 valence electrons. The quantitative estimate of drug-likeness (QED) is 0.179. The summed E-state index contributed by atoms with van der Waals surface area (Å²) in [5.74, 6) is -0.404. The lowest BCUT2D eigenvalue weighted by Gasteiger charge is -2.31. The number of esters is 2. The number of carbonyl (C=O) groups is 2. The third-order valence-corrected chi connectivity index (χ3v) is 6.83. The molecule has 6 heteroatoms. The van der Waals surface area contributed by atoms with Crippen LogP contribution in [0.15, 0.2) is 48.6 Å². The summed E-state index contributed by atoms with van der Waals surface area (Å²) in [7, 11) is 0. The van der Waals surface area contributed by atoms with Crippen LogP contribution in [0.1, 0.15) is 82.3 Å². The fourth-order valence-electron chi connectivity index (χ4n) is 4.47. The number of rotatable bonds is 16. The smallest absolute Gasteiger partial charge is 0.335 e. The zero-order valence-electron chi connectivity index (χ0n) is 22.1. The largest absolute Gasteiger partial charge is 0.462 e. The zero-order valence-corrected chi connectivity index (χ0v) is 22.1. The van der Waals surface area contributed by atoms with Crippen LogP contribution in [0.5, 0.6) is 0 Å². The number of benzene rings is 1. The van der Waals surface area contributed by atoms with Gasteiger partial charge in [-0.25, -0.2) is 9.59 Å². The normalized spacial score (nSPS) is 18.3. The topological polar surface area (TPSA) is 82.1 Å². The van der Waals surface area contributed by atoms with Gasteiger partial charge in [-0.1, -0.05) is 57.2 Å². The molecular formula is C30H44O6. The Labute approximate surface area is 216 Å². The van der Waals surface area contributed by atoms with Gasteiger partial charge in [0, 0.05) is 11.5 Å². The van der Waals surface area contributed by atoms with Crippen molar-refractivity contribution in [2.24, 2.45) is 5.92 Å². The van der Waals surface area contributed by atoms with Gasteiger partial charge >= 0.3 is 11.9 Å². The molecule has 0 aromatic heterocycles. The first-order chi connectivity index (χ1) is 17.3. The summed E-state index contributed by atoms with van der Waals surface area (Å²) < 4.78 is 16.8. The Morgan fingerprint density at radius 2 is 1.72 bits per heavy atom. The summed E-state index contributed by atoms with van der Waals surface area (Å²) in [6.45, 7) is 11.7. The molecule has 6 nitrogen and oxygen atoms in total. The Bertz CT molecular complexity index is 836. The van der Waals surface area contributed by atoms with Crippen molar-refractivity contribution in [3.8, 4) is 0 Å². The number of hydrogen-bond donors (Lipinski definition) is 1. The summed E-state index contributed by atoms with van der Waals surface area (Å²) in [6.07, 6.45) is 9.15. The van der Waals surface area contributed by atoms with Gasteiger partial charge in [0.25, 0.3) is 0 Å². The van der Waals surface area contributed by atoms with Crippen molar-refractivity contribution in [1.82, 2.24) is 0 Å². The van der Waals surface area contributed by atoms with Crippen molar-refractivity contribution in [2.75, 3.05) is 26.4 Å². The van der Waals surface area contributed by atoms with E-state index < -0.39 is 18.5 Å². The molecule has 0 aliphatic carbocycles. The van der Waals surface area contributed by atoms with E-state index >= 15 is 0 Å². The van der Waals surface area contributed by atoms with Gasteiger partial charge in [-0.05, 0) is 68.9 Å². The Morgan fingerprint density at radius 1 is 1.06 bits per heavy atom. The van der Waals surface area contributed by atoms with Crippen LogP contribution in [0.25, 0.3) is 0 Å². The summed E-state index contributed by atoms with van der Waals surface area (Å²) >= 11 is 0. The maximum atomic E-state index is 11.8. The lowest BCUT2D eigenvalue weighted by molar-refractivity contribution is -0.140. The fourth-order valence-corrected chi connectivity index (χ4v) is 4.47. The first-order valence-electron chi connectivity index (χ1n) is 13.3. The van der Waals surface area contributed by atoms with E-state index in [1.54, 1.807) is 6.92 Å². The van der Waals surface area contributed by atoms with Crippen molar-refractivity contribution in [1.29, 1.82) is 0 Å². The molecule has 2 rings (SSSR count). The molecule has 1 aliphatic rings. The summed E-state index contributed by atoms with van der Waals surface area (Å²) in [5.41, 5.74) is 3.16. The van der Waals surface area contributed by atoms with Gasteiger partial charge in [0.05, 0.1) is 38.1 Å². The number of hydrogen-bond acceptors (Lipinski definition) is 6. The van der Waals surface area contributed by atoms with E-state index in [0.29, 0.717) is 30.9 Å². The second kappa shape index (κ2) is 16.3. The molecule has 0 amide bonds. The van der Waals surface area contributed by atoms with Crippen molar-refractivity contribution in [2.45, 2.75) is 83.7 Å². The third-order valence-electron chi connectivity index (χ3n) is 6.83. The highest BCUT2D eigenvalue weighted by atomic mass is 16.5. The molecule has 1 fully saturated rings. The third kappa shape index (κ3) is 10.7. The summed E-state index contributed by atoms with van der Waals surface area (Å²) in [5, 5.41) is 9.03. The van der Waals surface area contributed by atoms with E-state index in [-0.39, 0.29) is 30.8 Å². The van der Waals surface area contributed by atoms with Gasteiger partial charge in [0.15, 0.2) is 0 Å². The van der Waals surface area contributed by atoms with Gasteiger partial charge in [-0.3, -0.25) is 0 Å². The first kappa shape index (κ1) is 29.8. The zero-order chi connectivity index (χ0) is 26.3. The molecule has 0 spiro atoms. The highest BCUT2D eigenvalue weighted by Crippen LogP contribution is 2.32. The molecule has 3 atom stereocenters. The molecule has 0 bridgehead atoms. The van der Waals surface area contributed by atoms with E-state index in [1.807, 2.05) is 0 Å². The van der Waals surface area contributed by atoms with E-state index in [2.05, 4.69) is 44.3 Å². The Hall–Kier alpha value is -2.44. The van der Waals surface area contributed by atoms with E-state index in [9.17, 15) is 9.59 Å². The van der Waals surface area contributed by atoms with Crippen molar-refractivity contribution < 1.29 is 28.9 Å². The molecule has 1 aromatic rings. The second-order valence-corrected chi connectivity index (χ2v) is 9.92. The van der Waals surface area contributed by atoms with Gasteiger partial charge in [0.1, 0.15) is 0 Å². The van der Waals surface area contributed by atoms with Crippen LogP contribution < -0.4 is 0 Å². The van der Waals surface area contributed by atoms with Gasteiger partial charge in [0.2, 0.25) is 0 Å². The molecule has 1 N–H and O–H groups in total. The van der Waals surface area contributed by atoms with Crippen LogP contribution in [0.3, 0.4) is 0 Å². The first-order valence-corrected chi connectivity index (χ1v) is 13.3. The van der Waals surface area contributed by atoms with Crippen LogP contribution in [-0.2, 0) is 30.2 Å². The minimum Gasteiger partial charge on any atom is -0.462 e. The molecule has 1 aromatic carbocycles. The molecular weight excluding hydrogens is 456 g/mol. The summed E-state index contributed by atoms with van der Waals surface area (Å²) in [4.78, 5) is 23.5. The molecule has 3 unspecified atom stereocenters. The second-order valence-electron chi connectivity index (χ2n) is 9.92. The molecule has 36 heavy (non-hydrogen) atoms. The number of carbonyl (C=O) groups excluding carboxylic acids is 2. The maximum absolute atomic E-state index is 11.8. The van der Waals surface area contributed by atoms with Crippen LogP contribution in [0, 0.1) is 5.92 Å².